The van der Waals surface area contributed by atoms with Gasteiger partial charge in [-0.2, -0.15) is 0 Å². The van der Waals surface area contributed by atoms with E-state index in [1.165, 1.54) is 11.3 Å². The average molecular weight is 350 g/mol. The second kappa shape index (κ2) is 7.40. The fourth-order valence-electron chi connectivity index (χ4n) is 3.77. The van der Waals surface area contributed by atoms with E-state index >= 15 is 0 Å². The number of ether oxygens (including phenoxy) is 1. The quantitative estimate of drug-likeness (QED) is 0.829. The molecule has 2 atom stereocenters. The van der Waals surface area contributed by atoms with Gasteiger partial charge in [-0.1, -0.05) is 36.4 Å². The maximum Gasteiger partial charge on any atom is 0.226 e. The summed E-state index contributed by atoms with van der Waals surface area (Å²) in [6.07, 6.45) is 0.962. The number of amides is 1. The number of hydrogen-bond acceptors (Lipinski definition) is 3. The predicted octanol–water partition coefficient (Wildman–Crippen LogP) is 3.36. The fourth-order valence-corrected chi connectivity index (χ4v) is 3.77. The molecule has 0 radical (unpaired) electrons. The van der Waals surface area contributed by atoms with Gasteiger partial charge in [0.05, 0.1) is 6.61 Å². The van der Waals surface area contributed by atoms with E-state index < -0.39 is 0 Å². The molecule has 4 heteroatoms. The molecule has 0 aromatic heterocycles. The molecule has 1 saturated carbocycles. The van der Waals surface area contributed by atoms with Crippen LogP contribution in [0.2, 0.25) is 0 Å². The molecule has 0 spiro atoms. The van der Waals surface area contributed by atoms with Crippen molar-refractivity contribution in [2.45, 2.75) is 13.3 Å². The van der Waals surface area contributed by atoms with Gasteiger partial charge in [0, 0.05) is 43.7 Å². The van der Waals surface area contributed by atoms with Crippen LogP contribution < -0.4 is 9.64 Å². The maximum atomic E-state index is 12.7. The standard InChI is InChI=1S/C22H26N2O2/c1-17-7-5-6-10-21(17)23-11-13-24(14-12-23)22(25)20-15-18(20)16-26-19-8-3-2-4-9-19/h2-10,18,20H,11-16H2,1H3. The second-order valence-electron chi connectivity index (χ2n) is 7.33. The minimum absolute atomic E-state index is 0.156. The first-order valence-corrected chi connectivity index (χ1v) is 9.49. The highest BCUT2D eigenvalue weighted by Gasteiger charge is 2.45. The maximum absolute atomic E-state index is 12.7. The lowest BCUT2D eigenvalue weighted by Gasteiger charge is -2.37. The van der Waals surface area contributed by atoms with Gasteiger partial charge in [0.25, 0.3) is 0 Å². The van der Waals surface area contributed by atoms with Crippen LogP contribution in [0.3, 0.4) is 0 Å². The Bertz CT molecular complexity index is 754. The molecule has 2 unspecified atom stereocenters. The van der Waals surface area contributed by atoms with Gasteiger partial charge in [0.15, 0.2) is 0 Å². The summed E-state index contributed by atoms with van der Waals surface area (Å²) in [6.45, 7) is 6.24. The van der Waals surface area contributed by atoms with Crippen molar-refractivity contribution in [2.24, 2.45) is 11.8 Å². The minimum Gasteiger partial charge on any atom is -0.493 e. The van der Waals surface area contributed by atoms with Crippen LogP contribution in [0.5, 0.6) is 5.75 Å². The predicted molar refractivity (Wildman–Crippen MR) is 104 cm³/mol. The molecule has 0 bridgehead atoms. The van der Waals surface area contributed by atoms with Gasteiger partial charge in [0.2, 0.25) is 5.91 Å². The van der Waals surface area contributed by atoms with Crippen LogP contribution in [0, 0.1) is 18.8 Å². The van der Waals surface area contributed by atoms with Gasteiger partial charge in [-0.3, -0.25) is 4.79 Å². The van der Waals surface area contributed by atoms with E-state index in [1.807, 2.05) is 35.2 Å². The monoisotopic (exact) mass is 350 g/mol. The highest BCUT2D eigenvalue weighted by molar-refractivity contribution is 5.82. The van der Waals surface area contributed by atoms with Gasteiger partial charge >= 0.3 is 0 Å². The topological polar surface area (TPSA) is 32.8 Å². The van der Waals surface area contributed by atoms with E-state index in [1.54, 1.807) is 0 Å². The molecule has 4 rings (SSSR count). The first-order valence-electron chi connectivity index (χ1n) is 9.49. The summed E-state index contributed by atoms with van der Waals surface area (Å²) in [6, 6.07) is 18.3. The van der Waals surface area contributed by atoms with Crippen molar-refractivity contribution in [3.05, 3.63) is 60.2 Å². The number of carbonyl (C=O) groups is 1. The Balaban J connectivity index is 1.25. The Morgan fingerprint density at radius 2 is 1.69 bits per heavy atom. The lowest BCUT2D eigenvalue weighted by atomic mass is 10.1. The third-order valence-electron chi connectivity index (χ3n) is 5.49. The number of aryl methyl sites for hydroxylation is 1. The van der Waals surface area contributed by atoms with Crippen LogP contribution >= 0.6 is 0 Å². The average Bonchev–Trinajstić information content (AvgIpc) is 3.47. The molecule has 2 aliphatic rings. The molecular weight excluding hydrogens is 324 g/mol. The number of anilines is 1. The van der Waals surface area contributed by atoms with Crippen LogP contribution in [0.25, 0.3) is 0 Å². The molecule has 4 nitrogen and oxygen atoms in total. The van der Waals surface area contributed by atoms with E-state index in [0.29, 0.717) is 18.4 Å². The van der Waals surface area contributed by atoms with Crippen LogP contribution in [0.4, 0.5) is 5.69 Å². The first-order chi connectivity index (χ1) is 12.7. The molecule has 1 saturated heterocycles. The molecule has 26 heavy (non-hydrogen) atoms. The molecular formula is C22H26N2O2. The zero-order chi connectivity index (χ0) is 17.9. The molecule has 1 aliphatic carbocycles. The molecule has 2 aromatic carbocycles. The second-order valence-corrected chi connectivity index (χ2v) is 7.33. The summed E-state index contributed by atoms with van der Waals surface area (Å²) >= 11 is 0. The van der Waals surface area contributed by atoms with Crippen LogP contribution in [-0.4, -0.2) is 43.6 Å². The first kappa shape index (κ1) is 17.0. The van der Waals surface area contributed by atoms with Gasteiger partial charge < -0.3 is 14.5 Å². The molecule has 136 valence electrons. The van der Waals surface area contributed by atoms with Gasteiger partial charge in [-0.05, 0) is 37.1 Å². The lowest BCUT2D eigenvalue weighted by molar-refractivity contribution is -0.133. The van der Waals surface area contributed by atoms with E-state index in [-0.39, 0.29) is 5.92 Å². The summed E-state index contributed by atoms with van der Waals surface area (Å²) in [4.78, 5) is 17.2. The van der Waals surface area contributed by atoms with Crippen molar-refractivity contribution in [3.63, 3.8) is 0 Å². The molecule has 2 aromatic rings. The molecule has 1 heterocycles. The van der Waals surface area contributed by atoms with Crippen molar-refractivity contribution in [2.75, 3.05) is 37.7 Å². The van der Waals surface area contributed by atoms with E-state index in [4.69, 9.17) is 4.74 Å². The van der Waals surface area contributed by atoms with Crippen molar-refractivity contribution in [3.8, 4) is 5.75 Å². The molecule has 1 aliphatic heterocycles. The largest absolute Gasteiger partial charge is 0.493 e. The zero-order valence-electron chi connectivity index (χ0n) is 15.3. The molecule has 2 fully saturated rings. The Hall–Kier alpha value is -2.49. The van der Waals surface area contributed by atoms with Crippen molar-refractivity contribution in [1.82, 2.24) is 4.90 Å². The Morgan fingerprint density at radius 3 is 2.42 bits per heavy atom. The molecule has 0 N–H and O–H groups in total. The number of para-hydroxylation sites is 2. The smallest absolute Gasteiger partial charge is 0.226 e. The summed E-state index contributed by atoms with van der Waals surface area (Å²) < 4.78 is 5.81. The summed E-state index contributed by atoms with van der Waals surface area (Å²) in [7, 11) is 0. The zero-order valence-corrected chi connectivity index (χ0v) is 15.3. The number of rotatable bonds is 5. The van der Waals surface area contributed by atoms with Crippen molar-refractivity contribution in [1.29, 1.82) is 0 Å². The third kappa shape index (κ3) is 3.69. The lowest BCUT2D eigenvalue weighted by Crippen LogP contribution is -2.49. The van der Waals surface area contributed by atoms with Crippen molar-refractivity contribution < 1.29 is 9.53 Å². The van der Waals surface area contributed by atoms with E-state index in [9.17, 15) is 4.79 Å². The summed E-state index contributed by atoms with van der Waals surface area (Å²) in [5.41, 5.74) is 2.59. The van der Waals surface area contributed by atoms with E-state index in [0.717, 1.165) is 38.3 Å². The number of benzene rings is 2. The highest BCUT2D eigenvalue weighted by atomic mass is 16.5. The third-order valence-corrected chi connectivity index (χ3v) is 5.49. The van der Waals surface area contributed by atoms with E-state index in [2.05, 4.69) is 36.1 Å². The Morgan fingerprint density at radius 1 is 1.00 bits per heavy atom. The minimum atomic E-state index is 0.156. The Kier molecular flexibility index (Phi) is 4.83. The SMILES string of the molecule is Cc1ccccc1N1CCN(C(=O)C2CC2COc2ccccc2)CC1. The molecule has 1 amide bonds. The van der Waals surface area contributed by atoms with Crippen LogP contribution in [0.1, 0.15) is 12.0 Å². The summed E-state index contributed by atoms with van der Waals surface area (Å²) in [5.74, 6) is 1.73. The normalized spacial score (nSPS) is 22.2. The van der Waals surface area contributed by atoms with Gasteiger partial charge in [-0.25, -0.2) is 0 Å². The van der Waals surface area contributed by atoms with Crippen LogP contribution in [-0.2, 0) is 4.79 Å². The Labute approximate surface area is 155 Å². The number of carbonyl (C=O) groups excluding carboxylic acids is 1. The number of hydrogen-bond donors (Lipinski definition) is 0. The van der Waals surface area contributed by atoms with Crippen LogP contribution in [0.15, 0.2) is 54.6 Å². The van der Waals surface area contributed by atoms with Gasteiger partial charge in [0.1, 0.15) is 5.75 Å². The van der Waals surface area contributed by atoms with Crippen molar-refractivity contribution >= 4 is 11.6 Å². The number of nitrogens with zero attached hydrogens (tertiary/aromatic N) is 2. The van der Waals surface area contributed by atoms with Gasteiger partial charge in [-0.15, -0.1) is 0 Å². The summed E-state index contributed by atoms with van der Waals surface area (Å²) in [5, 5.41) is 0. The number of piperazine rings is 1. The highest BCUT2D eigenvalue weighted by Crippen LogP contribution is 2.40. The fraction of sp³-hybridized carbons (Fsp3) is 0.409.